The lowest BCUT2D eigenvalue weighted by Gasteiger charge is -2.37. The Morgan fingerprint density at radius 3 is 2.41 bits per heavy atom. The predicted octanol–water partition coefficient (Wildman–Crippen LogP) is 2.76. The first-order valence-electron chi connectivity index (χ1n) is 10.4. The van der Waals surface area contributed by atoms with Crippen LogP contribution in [0.4, 0.5) is 17.1 Å². The summed E-state index contributed by atoms with van der Waals surface area (Å²) in [4.78, 5) is 17.9. The molecule has 0 bridgehead atoms. The Labute approximate surface area is 163 Å². The molecule has 1 aromatic rings. The molecule has 1 heterocycles. The molecule has 4 N–H and O–H groups in total. The van der Waals surface area contributed by atoms with Crippen molar-refractivity contribution >= 4 is 23.0 Å². The number of nitrogen functional groups attached to an aromatic ring is 1. The average molecular weight is 374 g/mol. The summed E-state index contributed by atoms with van der Waals surface area (Å²) in [6.07, 6.45) is 4.53. The summed E-state index contributed by atoms with van der Waals surface area (Å²) < 4.78 is 0. The molecule has 1 aromatic carbocycles. The molecule has 2 fully saturated rings. The van der Waals surface area contributed by atoms with E-state index in [4.69, 9.17) is 5.73 Å². The maximum atomic E-state index is 13.1. The Kier molecular flexibility index (Phi) is 6.47. The number of hydrogen-bond acceptors (Lipinski definition) is 5. The van der Waals surface area contributed by atoms with Gasteiger partial charge in [0.1, 0.15) is 0 Å². The zero-order valence-electron chi connectivity index (χ0n) is 17.1. The van der Waals surface area contributed by atoms with Crippen LogP contribution in [-0.2, 0) is 0 Å². The molecule has 6 heteroatoms. The van der Waals surface area contributed by atoms with Gasteiger partial charge in [0.15, 0.2) is 0 Å². The lowest BCUT2D eigenvalue weighted by Crippen LogP contribution is -2.47. The Morgan fingerprint density at radius 2 is 1.81 bits per heavy atom. The van der Waals surface area contributed by atoms with Crippen LogP contribution in [0.25, 0.3) is 0 Å². The first kappa shape index (κ1) is 19.8. The van der Waals surface area contributed by atoms with Crippen molar-refractivity contribution in [2.75, 3.05) is 55.7 Å². The molecule has 27 heavy (non-hydrogen) atoms. The Hall–Kier alpha value is -1.95. The van der Waals surface area contributed by atoms with Crippen molar-refractivity contribution in [3.8, 4) is 0 Å². The van der Waals surface area contributed by atoms with Gasteiger partial charge in [0, 0.05) is 39.3 Å². The number of benzene rings is 1. The second kappa shape index (κ2) is 8.83. The molecule has 3 rings (SSSR count). The van der Waals surface area contributed by atoms with Gasteiger partial charge in [0.25, 0.3) is 5.91 Å². The average Bonchev–Trinajstić information content (AvgIpc) is 2.69. The van der Waals surface area contributed by atoms with Crippen molar-refractivity contribution in [2.24, 2.45) is 5.92 Å². The van der Waals surface area contributed by atoms with Crippen molar-refractivity contribution in [1.82, 2.24) is 10.2 Å². The Morgan fingerprint density at radius 1 is 1.15 bits per heavy atom. The van der Waals surface area contributed by atoms with E-state index in [1.54, 1.807) is 0 Å². The summed E-state index contributed by atoms with van der Waals surface area (Å²) in [6, 6.07) is 4.16. The molecule has 0 atom stereocenters. The molecule has 0 aromatic heterocycles. The van der Waals surface area contributed by atoms with Crippen molar-refractivity contribution in [2.45, 2.75) is 45.6 Å². The third-order valence-corrected chi connectivity index (χ3v) is 6.19. The van der Waals surface area contributed by atoms with Gasteiger partial charge < -0.3 is 26.2 Å². The van der Waals surface area contributed by atoms with Gasteiger partial charge >= 0.3 is 0 Å². The van der Waals surface area contributed by atoms with Crippen LogP contribution in [0.2, 0.25) is 0 Å². The van der Waals surface area contributed by atoms with E-state index in [0.717, 1.165) is 62.9 Å². The molecule has 1 aliphatic carbocycles. The summed E-state index contributed by atoms with van der Waals surface area (Å²) >= 11 is 0. The highest BCUT2D eigenvalue weighted by molar-refractivity contribution is 6.02. The molecule has 1 saturated heterocycles. The molecule has 1 saturated carbocycles. The largest absolute Gasteiger partial charge is 0.397 e. The number of piperazine rings is 1. The number of nitrogens with two attached hydrogens (primary N) is 1. The van der Waals surface area contributed by atoms with E-state index >= 15 is 0 Å². The maximum absolute atomic E-state index is 13.1. The summed E-state index contributed by atoms with van der Waals surface area (Å²) in [6.45, 7) is 9.48. The van der Waals surface area contributed by atoms with E-state index in [9.17, 15) is 4.79 Å². The van der Waals surface area contributed by atoms with Gasteiger partial charge in [-0.15, -0.1) is 0 Å². The van der Waals surface area contributed by atoms with E-state index in [-0.39, 0.29) is 11.9 Å². The maximum Gasteiger partial charge on any atom is 0.253 e. The highest BCUT2D eigenvalue weighted by Gasteiger charge is 2.25. The van der Waals surface area contributed by atoms with E-state index in [0.29, 0.717) is 11.3 Å². The van der Waals surface area contributed by atoms with Gasteiger partial charge in [0.05, 0.1) is 22.6 Å². The summed E-state index contributed by atoms with van der Waals surface area (Å²) in [5.41, 5.74) is 9.39. The third kappa shape index (κ3) is 4.67. The molecular formula is C21H35N5O. The van der Waals surface area contributed by atoms with Crippen LogP contribution in [0, 0.1) is 5.92 Å². The molecule has 0 unspecified atom stereocenters. The summed E-state index contributed by atoms with van der Waals surface area (Å²) in [7, 11) is 1.87. The van der Waals surface area contributed by atoms with Gasteiger partial charge in [-0.2, -0.15) is 0 Å². The fourth-order valence-corrected chi connectivity index (χ4v) is 4.24. The number of amides is 1. The van der Waals surface area contributed by atoms with Gasteiger partial charge in [0.2, 0.25) is 0 Å². The summed E-state index contributed by atoms with van der Waals surface area (Å²) in [5, 5.41) is 6.42. The second-order valence-corrected chi connectivity index (χ2v) is 8.06. The zero-order chi connectivity index (χ0) is 19.4. The Balaban J connectivity index is 1.80. The second-order valence-electron chi connectivity index (χ2n) is 8.06. The molecule has 150 valence electrons. The van der Waals surface area contributed by atoms with Crippen LogP contribution in [0.3, 0.4) is 0 Å². The van der Waals surface area contributed by atoms with E-state index in [1.165, 1.54) is 12.8 Å². The van der Waals surface area contributed by atoms with Crippen LogP contribution in [0.1, 0.15) is 49.9 Å². The van der Waals surface area contributed by atoms with Crippen molar-refractivity contribution < 1.29 is 4.79 Å². The van der Waals surface area contributed by atoms with Gasteiger partial charge in [-0.3, -0.25) is 4.79 Å². The standard InChI is InChI=1S/C21H35N5O/c1-4-25-9-11-26(12-10-25)20-14-19(23-3)18(22)13-17(20)21(27)24-16-7-5-15(2)6-8-16/h13-16,23H,4-12,22H2,1-3H3,(H,24,27)/t15-,16-. The molecule has 1 aliphatic heterocycles. The Bertz CT molecular complexity index is 646. The van der Waals surface area contributed by atoms with Crippen molar-refractivity contribution in [3.63, 3.8) is 0 Å². The van der Waals surface area contributed by atoms with E-state index in [1.807, 2.05) is 19.2 Å². The molecule has 1 amide bonds. The fourth-order valence-electron chi connectivity index (χ4n) is 4.24. The van der Waals surface area contributed by atoms with Crippen molar-refractivity contribution in [3.05, 3.63) is 17.7 Å². The smallest absolute Gasteiger partial charge is 0.253 e. The highest BCUT2D eigenvalue weighted by Crippen LogP contribution is 2.31. The van der Waals surface area contributed by atoms with Gasteiger partial charge in [-0.05, 0) is 50.3 Å². The number of carbonyl (C=O) groups excluding carboxylic acids is 1. The molecule has 6 nitrogen and oxygen atoms in total. The topological polar surface area (TPSA) is 73.6 Å². The van der Waals surface area contributed by atoms with Crippen molar-refractivity contribution in [1.29, 1.82) is 0 Å². The minimum atomic E-state index is 0.0110. The highest BCUT2D eigenvalue weighted by atomic mass is 16.1. The first-order chi connectivity index (χ1) is 13.0. The van der Waals surface area contributed by atoms with E-state index < -0.39 is 0 Å². The number of nitrogens with zero attached hydrogens (tertiary/aromatic N) is 2. The zero-order valence-corrected chi connectivity index (χ0v) is 17.1. The van der Waals surface area contributed by atoms with Crippen LogP contribution in [0.15, 0.2) is 12.1 Å². The van der Waals surface area contributed by atoms with Crippen LogP contribution < -0.4 is 21.3 Å². The molecular weight excluding hydrogens is 338 g/mol. The summed E-state index contributed by atoms with van der Waals surface area (Å²) in [5.74, 6) is 0.783. The fraction of sp³-hybridized carbons (Fsp3) is 0.667. The minimum Gasteiger partial charge on any atom is -0.397 e. The first-order valence-corrected chi connectivity index (χ1v) is 10.4. The number of nitrogens with one attached hydrogen (secondary N) is 2. The number of anilines is 3. The normalized spacial score (nSPS) is 23.9. The molecule has 2 aliphatic rings. The van der Waals surface area contributed by atoms with Crippen LogP contribution in [0.5, 0.6) is 0 Å². The number of carbonyl (C=O) groups is 1. The number of rotatable bonds is 5. The quantitative estimate of drug-likeness (QED) is 0.692. The number of hydrogen-bond donors (Lipinski definition) is 3. The number of likely N-dealkylation sites (N-methyl/N-ethyl adjacent to an activating group) is 1. The minimum absolute atomic E-state index is 0.0110. The molecule has 0 spiro atoms. The van der Waals surface area contributed by atoms with Gasteiger partial charge in [-0.25, -0.2) is 0 Å². The monoisotopic (exact) mass is 373 g/mol. The SMILES string of the molecule is CCN1CCN(c2cc(NC)c(N)cc2C(=O)N[C@H]2CC[C@H](C)CC2)CC1. The van der Waals surface area contributed by atoms with E-state index in [2.05, 4.69) is 34.3 Å². The molecule has 0 radical (unpaired) electrons. The van der Waals surface area contributed by atoms with Crippen LogP contribution >= 0.6 is 0 Å². The predicted molar refractivity (Wildman–Crippen MR) is 114 cm³/mol. The lowest BCUT2D eigenvalue weighted by molar-refractivity contribution is 0.0923. The third-order valence-electron chi connectivity index (χ3n) is 6.19. The van der Waals surface area contributed by atoms with Gasteiger partial charge in [-0.1, -0.05) is 13.8 Å². The lowest BCUT2D eigenvalue weighted by atomic mass is 9.87. The van der Waals surface area contributed by atoms with Crippen LogP contribution in [-0.4, -0.2) is 56.6 Å².